The van der Waals surface area contributed by atoms with Crippen molar-refractivity contribution in [3.8, 4) is 0 Å². The van der Waals surface area contributed by atoms with Gasteiger partial charge in [-0.3, -0.25) is 9.48 Å². The Hall–Kier alpha value is -2.66. The van der Waals surface area contributed by atoms with E-state index < -0.39 is 5.91 Å². The van der Waals surface area contributed by atoms with Crippen molar-refractivity contribution in [3.63, 3.8) is 0 Å². The molecule has 5 heteroatoms. The van der Waals surface area contributed by atoms with Gasteiger partial charge in [0.15, 0.2) is 5.69 Å². The Labute approximate surface area is 156 Å². The maximum Gasteiger partial charge on any atom is 0.269 e. The smallest absolute Gasteiger partial charge is 0.269 e. The minimum atomic E-state index is -0.451. The normalized spacial score (nSPS) is 21.5. The number of thiophene rings is 1. The Morgan fingerprint density at radius 3 is 2.65 bits per heavy atom. The molecule has 2 aromatic heterocycles. The van der Waals surface area contributed by atoms with Crippen LogP contribution in [-0.2, 0) is 11.8 Å². The van der Waals surface area contributed by atoms with Crippen LogP contribution in [0.5, 0.6) is 0 Å². The number of allylic oxidation sites excluding steroid dienone is 1. The zero-order valence-corrected chi connectivity index (χ0v) is 15.1. The number of hydrogen-bond donors (Lipinski definition) is 1. The van der Waals surface area contributed by atoms with Crippen LogP contribution in [0.2, 0.25) is 0 Å². The molecule has 2 N–H and O–H groups in total. The molecule has 2 aliphatic carbocycles. The van der Waals surface area contributed by atoms with Crippen LogP contribution in [0.3, 0.4) is 0 Å². The van der Waals surface area contributed by atoms with Gasteiger partial charge in [-0.05, 0) is 40.8 Å². The monoisotopic (exact) mass is 361 g/mol. The molecule has 1 amide bonds. The molecule has 26 heavy (non-hydrogen) atoms. The Balaban J connectivity index is 1.72. The van der Waals surface area contributed by atoms with Crippen molar-refractivity contribution in [2.45, 2.75) is 30.7 Å². The predicted octanol–water partition coefficient (Wildman–Crippen LogP) is 3.93. The van der Waals surface area contributed by atoms with E-state index in [0.717, 1.165) is 30.5 Å². The van der Waals surface area contributed by atoms with Crippen molar-refractivity contribution in [3.05, 3.63) is 81.3 Å². The molecule has 2 aliphatic rings. The summed E-state index contributed by atoms with van der Waals surface area (Å²) in [7, 11) is 0. The van der Waals surface area contributed by atoms with Crippen molar-refractivity contribution in [1.29, 1.82) is 0 Å². The second kappa shape index (κ2) is 5.68. The number of amides is 1. The fourth-order valence-electron chi connectivity index (χ4n) is 4.00. The Morgan fingerprint density at radius 1 is 1.19 bits per heavy atom. The number of hydrogen-bond acceptors (Lipinski definition) is 3. The van der Waals surface area contributed by atoms with E-state index in [9.17, 15) is 4.79 Å². The molecular formula is C21H19N3OS. The molecule has 1 unspecified atom stereocenters. The van der Waals surface area contributed by atoms with Crippen molar-refractivity contribution >= 4 is 23.3 Å². The van der Waals surface area contributed by atoms with Crippen LogP contribution < -0.4 is 5.73 Å². The van der Waals surface area contributed by atoms with E-state index in [0.29, 0.717) is 11.7 Å². The van der Waals surface area contributed by atoms with Gasteiger partial charge in [0.1, 0.15) is 0 Å². The van der Waals surface area contributed by atoms with Gasteiger partial charge in [0, 0.05) is 23.1 Å². The summed E-state index contributed by atoms with van der Waals surface area (Å²) in [5.41, 5.74) is 10.3. The highest BCUT2D eigenvalue weighted by atomic mass is 32.1. The van der Waals surface area contributed by atoms with E-state index in [1.807, 2.05) is 6.07 Å². The number of fused-ring (bicyclic) bond motifs is 1. The minimum absolute atomic E-state index is 0.240. The molecule has 0 spiro atoms. The van der Waals surface area contributed by atoms with Crippen molar-refractivity contribution in [2.24, 2.45) is 5.73 Å². The standard InChI is InChI=1S/C21H19N3OS/c22-20(25)19-17-8-10-21(15-9-11-26-13-15,14-4-2-1-3-5-14)12-18(17)24(23-19)16-6-7-16/h1-5,8-11,13,16H,6-7,12H2,(H2,22,25). The van der Waals surface area contributed by atoms with Crippen LogP contribution >= 0.6 is 11.3 Å². The highest BCUT2D eigenvalue weighted by Crippen LogP contribution is 2.45. The van der Waals surface area contributed by atoms with E-state index in [4.69, 9.17) is 5.73 Å². The summed E-state index contributed by atoms with van der Waals surface area (Å²) in [4.78, 5) is 11.9. The van der Waals surface area contributed by atoms with Crippen molar-refractivity contribution in [2.75, 3.05) is 0 Å². The first-order valence-electron chi connectivity index (χ1n) is 8.88. The van der Waals surface area contributed by atoms with Gasteiger partial charge < -0.3 is 5.73 Å². The Morgan fingerprint density at radius 2 is 2.00 bits per heavy atom. The number of aromatic nitrogens is 2. The molecule has 1 atom stereocenters. The first kappa shape index (κ1) is 15.6. The number of rotatable bonds is 4. The van der Waals surface area contributed by atoms with E-state index in [1.54, 1.807) is 11.3 Å². The van der Waals surface area contributed by atoms with Crippen LogP contribution in [0.25, 0.3) is 6.08 Å². The predicted molar refractivity (Wildman–Crippen MR) is 103 cm³/mol. The maximum absolute atomic E-state index is 11.9. The zero-order chi connectivity index (χ0) is 17.7. The molecule has 2 heterocycles. The Kier molecular flexibility index (Phi) is 3.40. The van der Waals surface area contributed by atoms with Gasteiger partial charge in [0.2, 0.25) is 0 Å². The van der Waals surface area contributed by atoms with E-state index in [-0.39, 0.29) is 5.41 Å². The third kappa shape index (κ3) is 2.27. The van der Waals surface area contributed by atoms with Crippen LogP contribution in [0.15, 0.2) is 53.2 Å². The van der Waals surface area contributed by atoms with Crippen LogP contribution in [0, 0.1) is 0 Å². The first-order valence-corrected chi connectivity index (χ1v) is 9.82. The molecule has 1 fully saturated rings. The number of nitrogens with two attached hydrogens (primary N) is 1. The molecule has 5 rings (SSSR count). The molecule has 0 aliphatic heterocycles. The topological polar surface area (TPSA) is 60.9 Å². The summed E-state index contributed by atoms with van der Waals surface area (Å²) in [6.07, 6.45) is 7.30. The number of nitrogens with zero attached hydrogens (tertiary/aromatic N) is 2. The van der Waals surface area contributed by atoms with Crippen LogP contribution in [-0.4, -0.2) is 15.7 Å². The third-order valence-electron chi connectivity index (χ3n) is 5.48. The largest absolute Gasteiger partial charge is 0.364 e. The number of benzene rings is 1. The molecule has 1 aromatic carbocycles. The summed E-state index contributed by atoms with van der Waals surface area (Å²) < 4.78 is 2.06. The third-order valence-corrected chi connectivity index (χ3v) is 6.17. The lowest BCUT2D eigenvalue weighted by molar-refractivity contribution is 0.0994. The van der Waals surface area contributed by atoms with Gasteiger partial charge in [-0.1, -0.05) is 42.5 Å². The number of carbonyl (C=O) groups is 1. The molecular weight excluding hydrogens is 342 g/mol. The number of primary amides is 1. The first-order chi connectivity index (χ1) is 12.7. The lowest BCUT2D eigenvalue weighted by Crippen LogP contribution is -2.31. The summed E-state index contributed by atoms with van der Waals surface area (Å²) >= 11 is 1.71. The van der Waals surface area contributed by atoms with E-state index in [1.165, 1.54) is 11.1 Å². The fourth-order valence-corrected chi connectivity index (χ4v) is 4.74. The Bertz CT molecular complexity index is 1000. The molecule has 1 saturated carbocycles. The highest BCUT2D eigenvalue weighted by molar-refractivity contribution is 7.08. The van der Waals surface area contributed by atoms with Crippen LogP contribution in [0.4, 0.5) is 0 Å². The highest BCUT2D eigenvalue weighted by Gasteiger charge is 2.40. The zero-order valence-electron chi connectivity index (χ0n) is 14.3. The molecule has 0 radical (unpaired) electrons. The lowest BCUT2D eigenvalue weighted by Gasteiger charge is -2.34. The van der Waals surface area contributed by atoms with E-state index >= 15 is 0 Å². The van der Waals surface area contributed by atoms with Gasteiger partial charge in [-0.25, -0.2) is 0 Å². The van der Waals surface area contributed by atoms with Gasteiger partial charge in [-0.2, -0.15) is 16.4 Å². The van der Waals surface area contributed by atoms with Crippen molar-refractivity contribution < 1.29 is 4.79 Å². The molecule has 130 valence electrons. The number of carbonyl (C=O) groups excluding carboxylic acids is 1. The summed E-state index contributed by atoms with van der Waals surface area (Å²) in [5, 5.41) is 8.93. The molecule has 0 saturated heterocycles. The second-order valence-electron chi connectivity index (χ2n) is 7.11. The maximum atomic E-state index is 11.9. The summed E-state index contributed by atoms with van der Waals surface area (Å²) in [5.74, 6) is -0.451. The van der Waals surface area contributed by atoms with Crippen molar-refractivity contribution in [1.82, 2.24) is 9.78 Å². The fraction of sp³-hybridized carbons (Fsp3) is 0.238. The SMILES string of the molecule is NC(=O)c1nn(C2CC2)c2c1C=CC(c1ccccc1)(c1ccsc1)C2. The van der Waals surface area contributed by atoms with Gasteiger partial charge >= 0.3 is 0 Å². The average Bonchev–Trinajstić information content (AvgIpc) is 3.21. The molecule has 4 nitrogen and oxygen atoms in total. The van der Waals surface area contributed by atoms with E-state index in [2.05, 4.69) is 63.0 Å². The second-order valence-corrected chi connectivity index (χ2v) is 7.89. The summed E-state index contributed by atoms with van der Waals surface area (Å²) in [6.45, 7) is 0. The van der Waals surface area contributed by atoms with Gasteiger partial charge in [0.05, 0.1) is 6.04 Å². The van der Waals surface area contributed by atoms with Gasteiger partial charge in [-0.15, -0.1) is 0 Å². The van der Waals surface area contributed by atoms with Crippen LogP contribution in [0.1, 0.15) is 51.8 Å². The molecule has 3 aromatic rings. The summed E-state index contributed by atoms with van der Waals surface area (Å²) in [6, 6.07) is 13.2. The quantitative estimate of drug-likeness (QED) is 0.765. The molecule has 0 bridgehead atoms. The van der Waals surface area contributed by atoms with Gasteiger partial charge in [0.25, 0.3) is 5.91 Å². The average molecular weight is 361 g/mol. The lowest BCUT2D eigenvalue weighted by atomic mass is 9.69. The minimum Gasteiger partial charge on any atom is -0.364 e.